The lowest BCUT2D eigenvalue weighted by Crippen LogP contribution is -2.35. The highest BCUT2D eigenvalue weighted by molar-refractivity contribution is 6.78. The number of fused-ring (bicyclic) bond motifs is 2. The van der Waals surface area contributed by atoms with Crippen molar-refractivity contribution in [3.8, 4) is 0 Å². The Morgan fingerprint density at radius 2 is 1.40 bits per heavy atom. The fourth-order valence-electron chi connectivity index (χ4n) is 5.66. The van der Waals surface area contributed by atoms with Crippen molar-refractivity contribution in [3.63, 3.8) is 0 Å². The van der Waals surface area contributed by atoms with Crippen LogP contribution in [0, 0.1) is 11.8 Å². The van der Waals surface area contributed by atoms with Gasteiger partial charge in [-0.3, -0.25) is 0 Å². The van der Waals surface area contributed by atoms with Gasteiger partial charge >= 0.3 is 0 Å². The Morgan fingerprint density at radius 3 is 1.96 bits per heavy atom. The van der Waals surface area contributed by atoms with Crippen LogP contribution < -0.4 is 0 Å². The summed E-state index contributed by atoms with van der Waals surface area (Å²) in [7, 11) is -0.936. The molecule has 0 aromatic heterocycles. The molecule has 0 spiro atoms. The number of hydrogen-bond donors (Lipinski definition) is 0. The summed E-state index contributed by atoms with van der Waals surface area (Å²) in [5, 5.41) is 0. The number of ether oxygens (including phenoxy) is 1. The number of unbranched alkanes of at least 4 members (excludes halogenated alkanes) is 8. The Bertz CT molecular complexity index is 341. The van der Waals surface area contributed by atoms with E-state index >= 15 is 0 Å². The first kappa shape index (κ1) is 21.5. The first-order valence-electron chi connectivity index (χ1n) is 11.7. The number of rotatable bonds is 15. The van der Waals surface area contributed by atoms with Gasteiger partial charge in [-0.15, -0.1) is 0 Å². The normalized spacial score (nSPS) is 25.8. The van der Waals surface area contributed by atoms with E-state index in [4.69, 9.17) is 4.74 Å². The van der Waals surface area contributed by atoms with Crippen LogP contribution in [0.25, 0.3) is 0 Å². The van der Waals surface area contributed by atoms with E-state index in [2.05, 4.69) is 20.0 Å². The third-order valence-corrected chi connectivity index (χ3v) is 11.6. The van der Waals surface area contributed by atoms with Crippen molar-refractivity contribution in [1.29, 1.82) is 0 Å². The molecule has 25 heavy (non-hydrogen) atoms. The second-order valence-electron chi connectivity index (χ2n) is 9.81. The van der Waals surface area contributed by atoms with Crippen molar-refractivity contribution >= 4 is 8.07 Å². The van der Waals surface area contributed by atoms with Crippen molar-refractivity contribution in [3.05, 3.63) is 0 Å². The van der Waals surface area contributed by atoms with Crippen LogP contribution in [0.3, 0.4) is 0 Å². The highest BCUT2D eigenvalue weighted by Crippen LogP contribution is 2.56. The second kappa shape index (κ2) is 11.8. The maximum absolute atomic E-state index is 5.54. The summed E-state index contributed by atoms with van der Waals surface area (Å²) >= 11 is 0. The molecule has 3 unspecified atom stereocenters. The zero-order valence-electron chi connectivity index (χ0n) is 17.7. The van der Waals surface area contributed by atoms with E-state index in [9.17, 15) is 0 Å². The molecule has 2 aliphatic rings. The molecular formula is C23H46OSi. The molecule has 0 saturated heterocycles. The SMILES string of the molecule is CCCOCCCCCCCCCCC[Si](C)(C)C1CC2CCC1C2. The molecule has 2 bridgehead atoms. The van der Waals surface area contributed by atoms with E-state index in [0.29, 0.717) is 0 Å². The van der Waals surface area contributed by atoms with Crippen LogP contribution in [-0.4, -0.2) is 21.3 Å². The van der Waals surface area contributed by atoms with Gasteiger partial charge in [0.1, 0.15) is 0 Å². The van der Waals surface area contributed by atoms with Crippen LogP contribution in [0.5, 0.6) is 0 Å². The third kappa shape index (κ3) is 7.75. The van der Waals surface area contributed by atoms with E-state index in [0.717, 1.165) is 31.5 Å². The average molecular weight is 367 g/mol. The first-order chi connectivity index (χ1) is 12.1. The van der Waals surface area contributed by atoms with Gasteiger partial charge in [0.05, 0.1) is 8.07 Å². The minimum Gasteiger partial charge on any atom is -0.381 e. The standard InChI is InChI=1S/C23H46OSi/c1-4-16-24-17-12-10-8-6-5-7-9-11-13-18-25(2,3)23-20-21-14-15-22(23)19-21/h21-23H,4-20H2,1-3H3. The lowest BCUT2D eigenvalue weighted by molar-refractivity contribution is 0.130. The Labute approximate surface area is 159 Å². The van der Waals surface area contributed by atoms with Crippen molar-refractivity contribution in [2.24, 2.45) is 11.8 Å². The van der Waals surface area contributed by atoms with Gasteiger partial charge in [0.2, 0.25) is 0 Å². The fourth-order valence-corrected chi connectivity index (χ4v) is 9.74. The van der Waals surface area contributed by atoms with Gasteiger partial charge in [-0.25, -0.2) is 0 Å². The van der Waals surface area contributed by atoms with Gasteiger partial charge in [-0.2, -0.15) is 0 Å². The smallest absolute Gasteiger partial charge is 0.0507 e. The van der Waals surface area contributed by atoms with E-state index in [1.165, 1.54) is 63.3 Å². The summed E-state index contributed by atoms with van der Waals surface area (Å²) in [6, 6.07) is 1.61. The van der Waals surface area contributed by atoms with E-state index in [-0.39, 0.29) is 0 Å². The molecule has 2 heteroatoms. The molecule has 2 fully saturated rings. The molecule has 0 aromatic rings. The second-order valence-corrected chi connectivity index (χ2v) is 15.0. The summed E-state index contributed by atoms with van der Waals surface area (Å²) in [4.78, 5) is 0. The predicted molar refractivity (Wildman–Crippen MR) is 114 cm³/mol. The van der Waals surface area contributed by atoms with Crippen LogP contribution in [0.4, 0.5) is 0 Å². The maximum Gasteiger partial charge on any atom is 0.0507 e. The van der Waals surface area contributed by atoms with Crippen LogP contribution >= 0.6 is 0 Å². The van der Waals surface area contributed by atoms with Gasteiger partial charge in [-0.05, 0) is 43.1 Å². The maximum atomic E-state index is 5.54. The van der Waals surface area contributed by atoms with E-state index < -0.39 is 8.07 Å². The minimum atomic E-state index is -0.936. The summed E-state index contributed by atoms with van der Waals surface area (Å²) < 4.78 is 5.54. The Morgan fingerprint density at radius 1 is 0.760 bits per heavy atom. The molecule has 148 valence electrons. The molecule has 0 heterocycles. The predicted octanol–water partition coefficient (Wildman–Crippen LogP) is 7.82. The average Bonchev–Trinajstić information content (AvgIpc) is 3.22. The zero-order valence-corrected chi connectivity index (χ0v) is 18.7. The molecular weight excluding hydrogens is 320 g/mol. The van der Waals surface area contributed by atoms with E-state index in [1.807, 2.05) is 0 Å². The molecule has 0 aromatic carbocycles. The van der Waals surface area contributed by atoms with Gasteiger partial charge in [0.15, 0.2) is 0 Å². The van der Waals surface area contributed by atoms with Crippen molar-refractivity contribution in [1.82, 2.24) is 0 Å². The van der Waals surface area contributed by atoms with Gasteiger partial charge in [-0.1, -0.05) is 90.3 Å². The molecule has 2 saturated carbocycles. The Balaban J connectivity index is 1.37. The molecule has 3 atom stereocenters. The summed E-state index contributed by atoms with van der Waals surface area (Å²) in [6.07, 6.45) is 20.5. The Hall–Kier alpha value is 0.177. The van der Waals surface area contributed by atoms with Crippen molar-refractivity contribution in [2.75, 3.05) is 13.2 Å². The van der Waals surface area contributed by atoms with E-state index in [1.54, 1.807) is 31.7 Å². The molecule has 0 amide bonds. The quantitative estimate of drug-likeness (QED) is 0.212. The van der Waals surface area contributed by atoms with Crippen molar-refractivity contribution in [2.45, 2.75) is 121 Å². The molecule has 2 aliphatic carbocycles. The lowest BCUT2D eigenvalue weighted by Gasteiger charge is -2.36. The third-order valence-electron chi connectivity index (χ3n) is 7.20. The van der Waals surface area contributed by atoms with Crippen LogP contribution in [0.15, 0.2) is 0 Å². The minimum absolute atomic E-state index is 0.936. The van der Waals surface area contributed by atoms with Gasteiger partial charge < -0.3 is 4.74 Å². The van der Waals surface area contributed by atoms with Crippen LogP contribution in [0.1, 0.15) is 96.8 Å². The summed E-state index contributed by atoms with van der Waals surface area (Å²) in [5.74, 6) is 2.29. The fraction of sp³-hybridized carbons (Fsp3) is 1.00. The molecule has 0 radical (unpaired) electrons. The monoisotopic (exact) mass is 366 g/mol. The zero-order chi connectivity index (χ0) is 18.0. The highest BCUT2D eigenvalue weighted by Gasteiger charge is 2.46. The molecule has 0 N–H and O–H groups in total. The van der Waals surface area contributed by atoms with Gasteiger partial charge in [0.25, 0.3) is 0 Å². The van der Waals surface area contributed by atoms with Crippen LogP contribution in [-0.2, 0) is 4.74 Å². The summed E-state index contributed by atoms with van der Waals surface area (Å²) in [6.45, 7) is 9.53. The van der Waals surface area contributed by atoms with Crippen molar-refractivity contribution < 1.29 is 4.74 Å². The largest absolute Gasteiger partial charge is 0.381 e. The molecule has 0 aliphatic heterocycles. The highest BCUT2D eigenvalue weighted by atomic mass is 28.3. The molecule has 2 rings (SSSR count). The lowest BCUT2D eigenvalue weighted by atomic mass is 10.0. The summed E-state index contributed by atoms with van der Waals surface area (Å²) in [5.41, 5.74) is 1.19. The topological polar surface area (TPSA) is 9.23 Å². The van der Waals surface area contributed by atoms with Crippen LogP contribution in [0.2, 0.25) is 24.7 Å². The Kier molecular flexibility index (Phi) is 10.1. The van der Waals surface area contributed by atoms with Gasteiger partial charge in [0, 0.05) is 13.2 Å². The number of hydrogen-bond acceptors (Lipinski definition) is 1. The first-order valence-corrected chi connectivity index (χ1v) is 15.0. The molecule has 1 nitrogen and oxygen atoms in total.